The van der Waals surface area contributed by atoms with Crippen LogP contribution in [0.15, 0.2) is 40.7 Å². The van der Waals surface area contributed by atoms with Gasteiger partial charge >= 0.3 is 5.97 Å². The molecule has 0 fully saturated rings. The van der Waals surface area contributed by atoms with E-state index in [9.17, 15) is 13.2 Å². The van der Waals surface area contributed by atoms with Gasteiger partial charge in [-0.3, -0.25) is 0 Å². The summed E-state index contributed by atoms with van der Waals surface area (Å²) in [6.45, 7) is 0.214. The Morgan fingerprint density at radius 3 is 2.81 bits per heavy atom. The van der Waals surface area contributed by atoms with Gasteiger partial charge in [0, 0.05) is 24.5 Å². The molecule has 112 valence electrons. The van der Waals surface area contributed by atoms with Crippen LogP contribution in [0.4, 0.5) is 0 Å². The summed E-state index contributed by atoms with van der Waals surface area (Å²) >= 11 is 1.46. The van der Waals surface area contributed by atoms with E-state index in [-0.39, 0.29) is 17.0 Å². The number of hydrogen-bond acceptors (Lipinski definition) is 6. The highest BCUT2D eigenvalue weighted by Gasteiger charge is 2.22. The van der Waals surface area contributed by atoms with Crippen molar-refractivity contribution in [2.45, 2.75) is 11.3 Å². The van der Waals surface area contributed by atoms with E-state index in [4.69, 9.17) is 0 Å². The zero-order valence-electron chi connectivity index (χ0n) is 11.3. The van der Waals surface area contributed by atoms with Crippen LogP contribution in [-0.4, -0.2) is 33.0 Å². The molecule has 1 N–H and O–H groups in total. The lowest BCUT2D eigenvalue weighted by Gasteiger charge is -2.09. The number of aromatic nitrogens is 1. The van der Waals surface area contributed by atoms with Crippen LogP contribution < -0.4 is 4.72 Å². The van der Waals surface area contributed by atoms with Crippen LogP contribution in [0.1, 0.15) is 15.4 Å². The van der Waals surface area contributed by atoms with Gasteiger partial charge < -0.3 is 4.74 Å². The SMILES string of the molecule is COC(=O)c1ccccc1S(=O)(=O)NCCc1nccs1. The Kier molecular flexibility index (Phi) is 5.05. The van der Waals surface area contributed by atoms with Crippen molar-refractivity contribution < 1.29 is 17.9 Å². The first-order valence-electron chi connectivity index (χ1n) is 6.10. The maximum Gasteiger partial charge on any atom is 0.339 e. The lowest BCUT2D eigenvalue weighted by Crippen LogP contribution is -2.27. The number of sulfonamides is 1. The van der Waals surface area contributed by atoms with Gasteiger partial charge in [0.25, 0.3) is 0 Å². The molecule has 21 heavy (non-hydrogen) atoms. The monoisotopic (exact) mass is 326 g/mol. The van der Waals surface area contributed by atoms with Crippen molar-refractivity contribution in [3.05, 3.63) is 46.4 Å². The molecule has 0 unspecified atom stereocenters. The van der Waals surface area contributed by atoms with Crippen molar-refractivity contribution in [1.82, 2.24) is 9.71 Å². The second-order valence-corrected chi connectivity index (χ2v) is 6.78. The molecule has 1 heterocycles. The highest BCUT2D eigenvalue weighted by atomic mass is 32.2. The predicted octanol–water partition coefficient (Wildman–Crippen LogP) is 1.45. The molecule has 6 nitrogen and oxygen atoms in total. The molecule has 0 atom stereocenters. The zero-order chi connectivity index (χ0) is 15.3. The predicted molar refractivity (Wildman–Crippen MR) is 78.8 cm³/mol. The third-order valence-corrected chi connectivity index (χ3v) is 5.05. The summed E-state index contributed by atoms with van der Waals surface area (Å²) in [6.07, 6.45) is 2.17. The second-order valence-electron chi connectivity index (χ2n) is 4.06. The number of nitrogens with zero attached hydrogens (tertiary/aromatic N) is 1. The fourth-order valence-electron chi connectivity index (χ4n) is 1.73. The molecule has 0 aliphatic rings. The van der Waals surface area contributed by atoms with Gasteiger partial charge in [-0.1, -0.05) is 12.1 Å². The normalized spacial score (nSPS) is 11.3. The molecule has 0 radical (unpaired) electrons. The average Bonchev–Trinajstić information content (AvgIpc) is 2.99. The summed E-state index contributed by atoms with van der Waals surface area (Å²) in [6, 6.07) is 5.93. The van der Waals surface area contributed by atoms with E-state index in [2.05, 4.69) is 14.4 Å². The molecule has 0 bridgehead atoms. The number of nitrogens with one attached hydrogen (secondary N) is 1. The van der Waals surface area contributed by atoms with E-state index in [0.29, 0.717) is 6.42 Å². The van der Waals surface area contributed by atoms with Crippen molar-refractivity contribution in [3.8, 4) is 0 Å². The van der Waals surface area contributed by atoms with Crippen LogP contribution in [0.25, 0.3) is 0 Å². The number of methoxy groups -OCH3 is 1. The van der Waals surface area contributed by atoms with Crippen LogP contribution >= 0.6 is 11.3 Å². The molecule has 0 saturated carbocycles. The van der Waals surface area contributed by atoms with Gasteiger partial charge in [0.05, 0.1) is 22.6 Å². The highest BCUT2D eigenvalue weighted by Crippen LogP contribution is 2.16. The third kappa shape index (κ3) is 3.87. The fraction of sp³-hybridized carbons (Fsp3) is 0.231. The largest absolute Gasteiger partial charge is 0.465 e. The quantitative estimate of drug-likeness (QED) is 0.812. The van der Waals surface area contributed by atoms with Crippen LogP contribution in [0.2, 0.25) is 0 Å². The molecule has 2 rings (SSSR count). The number of hydrogen-bond donors (Lipinski definition) is 1. The number of thiazole rings is 1. The maximum atomic E-state index is 12.3. The summed E-state index contributed by atoms with van der Waals surface area (Å²) in [5, 5.41) is 2.68. The molecule has 0 spiro atoms. The minimum Gasteiger partial charge on any atom is -0.465 e. The van der Waals surface area contributed by atoms with Gasteiger partial charge in [0.15, 0.2) is 0 Å². The molecular formula is C13H14N2O4S2. The van der Waals surface area contributed by atoms with Gasteiger partial charge in [-0.25, -0.2) is 22.9 Å². The molecular weight excluding hydrogens is 312 g/mol. The van der Waals surface area contributed by atoms with E-state index in [1.54, 1.807) is 18.3 Å². The Morgan fingerprint density at radius 2 is 2.14 bits per heavy atom. The van der Waals surface area contributed by atoms with E-state index in [1.807, 2.05) is 5.38 Å². The number of carbonyl (C=O) groups is 1. The van der Waals surface area contributed by atoms with Crippen molar-refractivity contribution in [1.29, 1.82) is 0 Å². The molecule has 0 saturated heterocycles. The van der Waals surface area contributed by atoms with Crippen molar-refractivity contribution in [2.75, 3.05) is 13.7 Å². The van der Waals surface area contributed by atoms with E-state index in [0.717, 1.165) is 5.01 Å². The molecule has 1 aromatic carbocycles. The number of esters is 1. The summed E-state index contributed by atoms with van der Waals surface area (Å²) in [5.74, 6) is -0.684. The molecule has 0 aliphatic carbocycles. The minimum absolute atomic E-state index is 0.0155. The molecule has 0 amide bonds. The molecule has 2 aromatic rings. The van der Waals surface area contributed by atoms with E-state index in [1.165, 1.54) is 30.6 Å². The summed E-state index contributed by atoms with van der Waals surface area (Å²) < 4.78 is 31.6. The van der Waals surface area contributed by atoms with Crippen LogP contribution in [0, 0.1) is 0 Å². The molecule has 1 aromatic heterocycles. The van der Waals surface area contributed by atoms with Gasteiger partial charge in [-0.15, -0.1) is 11.3 Å². The molecule has 0 aliphatic heterocycles. The standard InChI is InChI=1S/C13H14N2O4S2/c1-19-13(16)10-4-2-3-5-11(10)21(17,18)15-7-6-12-14-8-9-20-12/h2-5,8-9,15H,6-7H2,1H3. The lowest BCUT2D eigenvalue weighted by molar-refractivity contribution is 0.0596. The highest BCUT2D eigenvalue weighted by molar-refractivity contribution is 7.89. The van der Waals surface area contributed by atoms with Gasteiger partial charge in [-0.05, 0) is 12.1 Å². The maximum absolute atomic E-state index is 12.3. The Bertz CT molecular complexity index is 712. The summed E-state index contributed by atoms with van der Waals surface area (Å²) in [7, 11) is -2.56. The van der Waals surface area contributed by atoms with E-state index >= 15 is 0 Å². The van der Waals surface area contributed by atoms with Crippen LogP contribution in [0.5, 0.6) is 0 Å². The van der Waals surface area contributed by atoms with Crippen molar-refractivity contribution >= 4 is 27.3 Å². The van der Waals surface area contributed by atoms with Crippen LogP contribution in [-0.2, 0) is 21.2 Å². The van der Waals surface area contributed by atoms with E-state index < -0.39 is 16.0 Å². The Balaban J connectivity index is 2.14. The van der Waals surface area contributed by atoms with Gasteiger partial charge in [-0.2, -0.15) is 0 Å². The number of ether oxygens (including phenoxy) is 1. The van der Waals surface area contributed by atoms with Gasteiger partial charge in [0.1, 0.15) is 0 Å². The third-order valence-electron chi connectivity index (χ3n) is 2.70. The summed E-state index contributed by atoms with van der Waals surface area (Å²) in [4.78, 5) is 15.6. The second kappa shape index (κ2) is 6.79. The van der Waals surface area contributed by atoms with Crippen molar-refractivity contribution in [2.24, 2.45) is 0 Å². The number of benzene rings is 1. The fourth-order valence-corrected chi connectivity index (χ4v) is 3.57. The first-order valence-corrected chi connectivity index (χ1v) is 8.46. The molecule has 8 heteroatoms. The first kappa shape index (κ1) is 15.6. The van der Waals surface area contributed by atoms with Crippen molar-refractivity contribution in [3.63, 3.8) is 0 Å². The smallest absolute Gasteiger partial charge is 0.339 e. The van der Waals surface area contributed by atoms with Crippen LogP contribution in [0.3, 0.4) is 0 Å². The average molecular weight is 326 g/mol. The topological polar surface area (TPSA) is 85.4 Å². The zero-order valence-corrected chi connectivity index (χ0v) is 12.9. The Labute approximate surface area is 126 Å². The minimum atomic E-state index is -3.77. The Hall–Kier alpha value is -1.77. The number of carbonyl (C=O) groups excluding carboxylic acids is 1. The van der Waals surface area contributed by atoms with Gasteiger partial charge in [0.2, 0.25) is 10.0 Å². The first-order chi connectivity index (χ1) is 10.0. The summed E-state index contributed by atoms with van der Waals surface area (Å²) in [5.41, 5.74) is 0.0155. The lowest BCUT2D eigenvalue weighted by atomic mass is 10.2. The number of rotatable bonds is 6. The Morgan fingerprint density at radius 1 is 1.38 bits per heavy atom.